The van der Waals surface area contributed by atoms with Gasteiger partial charge in [0.25, 0.3) is 0 Å². The van der Waals surface area contributed by atoms with Crippen molar-refractivity contribution < 1.29 is 0 Å². The maximum absolute atomic E-state index is 3.54. The minimum atomic E-state index is 0.796. The van der Waals surface area contributed by atoms with Crippen molar-refractivity contribution in [2.24, 2.45) is 0 Å². The lowest BCUT2D eigenvalue weighted by molar-refractivity contribution is 0.437. The summed E-state index contributed by atoms with van der Waals surface area (Å²) >= 11 is 1.93. The fourth-order valence-corrected chi connectivity index (χ4v) is 2.62. The summed E-state index contributed by atoms with van der Waals surface area (Å²) in [7, 11) is 4.24. The Bertz CT molecular complexity index is 331. The van der Waals surface area contributed by atoms with Gasteiger partial charge >= 0.3 is 0 Å². The van der Waals surface area contributed by atoms with E-state index in [9.17, 15) is 0 Å². The molecule has 94 valence electrons. The van der Waals surface area contributed by atoms with E-state index in [0.29, 0.717) is 0 Å². The summed E-state index contributed by atoms with van der Waals surface area (Å²) in [6.45, 7) is 2.16. The molecule has 0 unspecified atom stereocenters. The Morgan fingerprint density at radius 1 is 1.24 bits per heavy atom. The van der Waals surface area contributed by atoms with Crippen LogP contribution in [-0.2, 0) is 6.54 Å². The number of nitrogens with zero attached hydrogens (tertiary/aromatic N) is 1. The highest BCUT2D eigenvalue weighted by molar-refractivity contribution is 7.99. The first-order chi connectivity index (χ1) is 8.24. The van der Waals surface area contributed by atoms with Crippen LogP contribution in [0.3, 0.4) is 0 Å². The van der Waals surface area contributed by atoms with Gasteiger partial charge in [-0.05, 0) is 44.6 Å². The number of benzene rings is 1. The Morgan fingerprint density at radius 3 is 2.53 bits per heavy atom. The maximum Gasteiger partial charge on any atom is 0.0208 e. The molecule has 2 rings (SSSR count). The summed E-state index contributed by atoms with van der Waals surface area (Å²) in [5.74, 6) is 1.16. The molecule has 0 aromatic heterocycles. The second-order valence-corrected chi connectivity index (χ2v) is 6.12. The topological polar surface area (TPSA) is 15.3 Å². The van der Waals surface area contributed by atoms with Gasteiger partial charge in [0.05, 0.1) is 0 Å². The van der Waals surface area contributed by atoms with Crippen molar-refractivity contribution in [1.29, 1.82) is 0 Å². The highest BCUT2D eigenvalue weighted by atomic mass is 32.2. The van der Waals surface area contributed by atoms with Crippen molar-refractivity contribution in [3.05, 3.63) is 29.8 Å². The van der Waals surface area contributed by atoms with Crippen molar-refractivity contribution in [1.82, 2.24) is 10.2 Å². The average Bonchev–Trinajstić information content (AvgIpc) is 3.11. The van der Waals surface area contributed by atoms with Crippen molar-refractivity contribution in [3.8, 4) is 0 Å². The largest absolute Gasteiger partial charge is 0.310 e. The monoisotopic (exact) mass is 250 g/mol. The van der Waals surface area contributed by atoms with Crippen LogP contribution in [0.5, 0.6) is 0 Å². The summed E-state index contributed by atoms with van der Waals surface area (Å²) in [6, 6.07) is 9.76. The van der Waals surface area contributed by atoms with Crippen LogP contribution in [0.25, 0.3) is 0 Å². The van der Waals surface area contributed by atoms with E-state index in [4.69, 9.17) is 0 Å². The van der Waals surface area contributed by atoms with E-state index in [0.717, 1.165) is 24.9 Å². The zero-order valence-electron chi connectivity index (χ0n) is 10.8. The van der Waals surface area contributed by atoms with Crippen LogP contribution >= 0.6 is 11.8 Å². The first kappa shape index (κ1) is 12.9. The first-order valence-corrected chi connectivity index (χ1v) is 7.32. The van der Waals surface area contributed by atoms with Crippen molar-refractivity contribution in [2.75, 3.05) is 26.4 Å². The highest BCUT2D eigenvalue weighted by Crippen LogP contribution is 2.21. The lowest BCUT2D eigenvalue weighted by atomic mass is 10.2. The Morgan fingerprint density at radius 2 is 1.94 bits per heavy atom. The molecule has 2 nitrogen and oxygen atoms in total. The second kappa shape index (κ2) is 6.43. The van der Waals surface area contributed by atoms with Gasteiger partial charge in [0.1, 0.15) is 0 Å². The van der Waals surface area contributed by atoms with Gasteiger partial charge in [0.15, 0.2) is 0 Å². The normalized spacial score (nSPS) is 15.5. The highest BCUT2D eigenvalue weighted by Gasteiger charge is 2.19. The maximum atomic E-state index is 3.54. The number of hydrogen-bond donors (Lipinski definition) is 1. The zero-order valence-corrected chi connectivity index (χ0v) is 11.6. The minimum absolute atomic E-state index is 0.796. The fourth-order valence-electron chi connectivity index (χ4n) is 1.60. The second-order valence-electron chi connectivity index (χ2n) is 4.95. The van der Waals surface area contributed by atoms with Crippen molar-refractivity contribution >= 4 is 11.8 Å². The van der Waals surface area contributed by atoms with E-state index in [1.807, 2.05) is 11.8 Å². The third kappa shape index (κ3) is 5.11. The average molecular weight is 250 g/mol. The SMILES string of the molecule is CN(C)CCSc1ccc(CNC2CC2)cc1. The van der Waals surface area contributed by atoms with Crippen LogP contribution in [-0.4, -0.2) is 37.3 Å². The quantitative estimate of drug-likeness (QED) is 0.749. The molecule has 1 aliphatic rings. The minimum Gasteiger partial charge on any atom is -0.310 e. The van der Waals surface area contributed by atoms with Gasteiger partial charge in [-0.1, -0.05) is 12.1 Å². The van der Waals surface area contributed by atoms with Crippen LogP contribution in [0.1, 0.15) is 18.4 Å². The Hall–Kier alpha value is -0.510. The summed E-state index contributed by atoms with van der Waals surface area (Å²) in [5.41, 5.74) is 1.40. The van der Waals surface area contributed by atoms with E-state index >= 15 is 0 Å². The molecule has 17 heavy (non-hydrogen) atoms. The van der Waals surface area contributed by atoms with Gasteiger partial charge < -0.3 is 10.2 Å². The van der Waals surface area contributed by atoms with Gasteiger partial charge in [0.2, 0.25) is 0 Å². The van der Waals surface area contributed by atoms with Gasteiger partial charge in [-0.3, -0.25) is 0 Å². The molecule has 0 bridgehead atoms. The molecule has 1 N–H and O–H groups in total. The number of nitrogens with one attached hydrogen (secondary N) is 1. The fraction of sp³-hybridized carbons (Fsp3) is 0.571. The van der Waals surface area contributed by atoms with E-state index in [1.165, 1.54) is 23.3 Å². The zero-order chi connectivity index (χ0) is 12.1. The van der Waals surface area contributed by atoms with Gasteiger partial charge in [-0.25, -0.2) is 0 Å². The smallest absolute Gasteiger partial charge is 0.0208 e. The summed E-state index contributed by atoms with van der Waals surface area (Å²) in [5, 5.41) is 3.54. The first-order valence-electron chi connectivity index (χ1n) is 6.34. The van der Waals surface area contributed by atoms with E-state index in [-0.39, 0.29) is 0 Å². The molecule has 1 saturated carbocycles. The third-order valence-electron chi connectivity index (χ3n) is 2.90. The molecule has 0 radical (unpaired) electrons. The molecule has 0 spiro atoms. The van der Waals surface area contributed by atoms with Gasteiger partial charge in [-0.15, -0.1) is 11.8 Å². The van der Waals surface area contributed by atoms with Crippen molar-refractivity contribution in [3.63, 3.8) is 0 Å². The third-order valence-corrected chi connectivity index (χ3v) is 3.89. The lowest BCUT2D eigenvalue weighted by Gasteiger charge is -2.09. The summed E-state index contributed by atoms with van der Waals surface area (Å²) < 4.78 is 0. The summed E-state index contributed by atoms with van der Waals surface area (Å²) in [4.78, 5) is 3.60. The molecule has 0 aliphatic heterocycles. The molecule has 1 aromatic rings. The predicted molar refractivity (Wildman–Crippen MR) is 75.6 cm³/mol. The van der Waals surface area contributed by atoms with Crippen molar-refractivity contribution in [2.45, 2.75) is 30.3 Å². The predicted octanol–water partition coefficient (Wildman–Crippen LogP) is 2.59. The van der Waals surface area contributed by atoms with Gasteiger partial charge in [-0.2, -0.15) is 0 Å². The molecule has 3 heteroatoms. The van der Waals surface area contributed by atoms with Crippen LogP contribution < -0.4 is 5.32 Å². The van der Waals surface area contributed by atoms with Crippen LogP contribution in [0.15, 0.2) is 29.2 Å². The number of hydrogen-bond acceptors (Lipinski definition) is 3. The van der Waals surface area contributed by atoms with E-state index in [2.05, 4.69) is 48.6 Å². The molecule has 1 aromatic carbocycles. The number of thioether (sulfide) groups is 1. The van der Waals surface area contributed by atoms with Crippen LogP contribution in [0.2, 0.25) is 0 Å². The van der Waals surface area contributed by atoms with E-state index < -0.39 is 0 Å². The molecule has 0 saturated heterocycles. The Kier molecular flexibility index (Phi) is 4.89. The van der Waals surface area contributed by atoms with Gasteiger partial charge in [0, 0.05) is 29.8 Å². The molecule has 1 aliphatic carbocycles. The van der Waals surface area contributed by atoms with Crippen LogP contribution in [0.4, 0.5) is 0 Å². The number of rotatable bonds is 7. The Balaban J connectivity index is 1.72. The standard InChI is InChI=1S/C14H22N2S/c1-16(2)9-10-17-14-7-3-12(4-8-14)11-15-13-5-6-13/h3-4,7-8,13,15H,5-6,9-11H2,1-2H3. The molecule has 1 fully saturated rings. The van der Waals surface area contributed by atoms with Crippen LogP contribution in [0, 0.1) is 0 Å². The Labute approximate surface area is 109 Å². The summed E-state index contributed by atoms with van der Waals surface area (Å²) in [6.07, 6.45) is 2.72. The molecule has 0 amide bonds. The molecule has 0 heterocycles. The van der Waals surface area contributed by atoms with E-state index in [1.54, 1.807) is 0 Å². The molecule has 0 atom stereocenters. The molecular weight excluding hydrogens is 228 g/mol. The molecular formula is C14H22N2S. The lowest BCUT2D eigenvalue weighted by Crippen LogP contribution is -2.15.